The maximum atomic E-state index is 12.3. The van der Waals surface area contributed by atoms with E-state index in [1.165, 1.54) is 0 Å². The van der Waals surface area contributed by atoms with Crippen molar-refractivity contribution in [2.45, 2.75) is 13.8 Å². The summed E-state index contributed by atoms with van der Waals surface area (Å²) in [5.41, 5.74) is 3.12. The van der Waals surface area contributed by atoms with Crippen molar-refractivity contribution in [1.29, 1.82) is 0 Å². The molecule has 0 saturated carbocycles. The van der Waals surface area contributed by atoms with E-state index < -0.39 is 0 Å². The first-order chi connectivity index (χ1) is 13.8. The summed E-state index contributed by atoms with van der Waals surface area (Å²) in [6.45, 7) is 3.76. The number of aromatic nitrogens is 2. The van der Waals surface area contributed by atoms with Crippen LogP contribution < -0.4 is 20.9 Å². The second kappa shape index (κ2) is 8.79. The summed E-state index contributed by atoms with van der Waals surface area (Å²) in [7, 11) is 3.86. The van der Waals surface area contributed by atoms with Crippen LogP contribution in [0.3, 0.4) is 0 Å². The first-order valence-electron chi connectivity index (χ1n) is 9.04. The molecule has 3 rings (SSSR count). The molecule has 0 bridgehead atoms. The molecule has 3 aromatic rings. The highest BCUT2D eigenvalue weighted by Gasteiger charge is 2.07. The lowest BCUT2D eigenvalue weighted by Crippen LogP contribution is -2.19. The van der Waals surface area contributed by atoms with E-state index in [9.17, 15) is 4.79 Å². The lowest BCUT2D eigenvalue weighted by Gasteiger charge is -2.14. The molecule has 7 nitrogen and oxygen atoms in total. The van der Waals surface area contributed by atoms with Gasteiger partial charge in [-0.3, -0.25) is 0 Å². The Morgan fingerprint density at radius 3 is 2.31 bits per heavy atom. The number of aryl methyl sites for hydroxylation is 2. The van der Waals surface area contributed by atoms with E-state index in [0.29, 0.717) is 28.0 Å². The summed E-state index contributed by atoms with van der Waals surface area (Å²) in [5, 5.41) is 9.43. The van der Waals surface area contributed by atoms with Gasteiger partial charge >= 0.3 is 6.03 Å². The van der Waals surface area contributed by atoms with Crippen LogP contribution in [0.15, 0.2) is 48.5 Å². The maximum Gasteiger partial charge on any atom is 0.323 e. The third-order valence-corrected chi connectivity index (χ3v) is 4.38. The molecule has 2 aromatic carbocycles. The van der Waals surface area contributed by atoms with Crippen molar-refractivity contribution >= 4 is 46.3 Å². The Labute approximate surface area is 175 Å². The molecule has 150 valence electrons. The van der Waals surface area contributed by atoms with Gasteiger partial charge in [-0.25, -0.2) is 14.8 Å². The fourth-order valence-corrected chi connectivity index (χ4v) is 2.82. The number of carbonyl (C=O) groups excluding carboxylic acids is 1. The molecule has 0 fully saturated rings. The largest absolute Gasteiger partial charge is 0.363 e. The van der Waals surface area contributed by atoms with Gasteiger partial charge in [-0.2, -0.15) is 0 Å². The molecule has 1 heterocycles. The molecule has 0 unspecified atom stereocenters. The topological polar surface area (TPSA) is 82.2 Å². The summed E-state index contributed by atoms with van der Waals surface area (Å²) in [6.07, 6.45) is 0. The van der Waals surface area contributed by atoms with Crippen LogP contribution >= 0.6 is 11.6 Å². The van der Waals surface area contributed by atoms with Crippen molar-refractivity contribution in [3.63, 3.8) is 0 Å². The molecule has 29 heavy (non-hydrogen) atoms. The molecule has 0 atom stereocenters. The predicted octanol–water partition coefficient (Wildman–Crippen LogP) is 5.20. The Hall–Kier alpha value is -3.32. The Morgan fingerprint density at radius 1 is 0.931 bits per heavy atom. The van der Waals surface area contributed by atoms with Gasteiger partial charge in [0.05, 0.1) is 0 Å². The van der Waals surface area contributed by atoms with E-state index in [4.69, 9.17) is 11.6 Å². The number of hydrogen-bond acceptors (Lipinski definition) is 5. The molecule has 8 heteroatoms. The van der Waals surface area contributed by atoms with Crippen LogP contribution in [-0.2, 0) is 0 Å². The SMILES string of the molecule is Cc1nc(Nc2ccc(NC(=O)Nc3cc(Cl)ccc3C)cc2)cc(N(C)C)n1. The first-order valence-corrected chi connectivity index (χ1v) is 9.42. The summed E-state index contributed by atoms with van der Waals surface area (Å²) in [5.74, 6) is 2.22. The Morgan fingerprint density at radius 2 is 1.62 bits per heavy atom. The zero-order valence-corrected chi connectivity index (χ0v) is 17.5. The van der Waals surface area contributed by atoms with Gasteiger partial charge in [-0.05, 0) is 55.8 Å². The van der Waals surface area contributed by atoms with Crippen molar-refractivity contribution < 1.29 is 4.79 Å². The maximum absolute atomic E-state index is 12.3. The highest BCUT2D eigenvalue weighted by molar-refractivity contribution is 6.31. The number of amides is 2. The van der Waals surface area contributed by atoms with Crippen LogP contribution in [0, 0.1) is 13.8 Å². The molecule has 0 radical (unpaired) electrons. The summed E-state index contributed by atoms with van der Waals surface area (Å²) < 4.78 is 0. The van der Waals surface area contributed by atoms with Crippen molar-refractivity contribution in [2.75, 3.05) is 34.9 Å². The minimum absolute atomic E-state index is 0.335. The monoisotopic (exact) mass is 410 g/mol. The molecule has 3 N–H and O–H groups in total. The van der Waals surface area contributed by atoms with Gasteiger partial charge in [-0.1, -0.05) is 17.7 Å². The van der Waals surface area contributed by atoms with Gasteiger partial charge in [0.25, 0.3) is 0 Å². The van der Waals surface area contributed by atoms with E-state index in [2.05, 4.69) is 25.9 Å². The number of carbonyl (C=O) groups is 1. The Kier molecular flexibility index (Phi) is 6.19. The van der Waals surface area contributed by atoms with E-state index in [0.717, 1.165) is 17.1 Å². The van der Waals surface area contributed by atoms with Crippen LogP contribution in [-0.4, -0.2) is 30.1 Å². The normalized spacial score (nSPS) is 10.4. The fourth-order valence-electron chi connectivity index (χ4n) is 2.64. The standard InChI is InChI=1S/C21H23ClN6O/c1-13-5-6-15(22)11-18(13)27-21(29)26-17-9-7-16(8-10-17)25-19-12-20(28(3)4)24-14(2)23-19/h5-12H,1-4H3,(H,23,24,25)(H2,26,27,29). The number of urea groups is 1. The number of benzene rings is 2. The minimum atomic E-state index is -0.335. The lowest BCUT2D eigenvalue weighted by molar-refractivity contribution is 0.262. The van der Waals surface area contributed by atoms with Crippen LogP contribution in [0.1, 0.15) is 11.4 Å². The van der Waals surface area contributed by atoms with Crippen LogP contribution in [0.2, 0.25) is 5.02 Å². The van der Waals surface area contributed by atoms with Gasteiger partial charge in [0.15, 0.2) is 0 Å². The van der Waals surface area contributed by atoms with Gasteiger partial charge < -0.3 is 20.9 Å². The zero-order chi connectivity index (χ0) is 21.0. The van der Waals surface area contributed by atoms with Gasteiger partial charge in [0.2, 0.25) is 0 Å². The predicted molar refractivity (Wildman–Crippen MR) is 120 cm³/mol. The quantitative estimate of drug-likeness (QED) is 0.538. The third-order valence-electron chi connectivity index (χ3n) is 4.15. The van der Waals surface area contributed by atoms with Gasteiger partial charge in [-0.15, -0.1) is 0 Å². The molecule has 0 saturated heterocycles. The van der Waals surface area contributed by atoms with E-state index in [-0.39, 0.29) is 6.03 Å². The molecule has 2 amide bonds. The fraction of sp³-hybridized carbons (Fsp3) is 0.190. The molecule has 0 spiro atoms. The minimum Gasteiger partial charge on any atom is -0.363 e. The van der Waals surface area contributed by atoms with E-state index >= 15 is 0 Å². The van der Waals surface area contributed by atoms with Crippen LogP contribution in [0.25, 0.3) is 0 Å². The Bertz CT molecular complexity index is 1020. The number of rotatable bonds is 5. The number of halogens is 1. The molecular formula is C21H23ClN6O. The summed E-state index contributed by atoms with van der Waals surface area (Å²) >= 11 is 5.99. The van der Waals surface area contributed by atoms with Crippen molar-refractivity contribution in [3.8, 4) is 0 Å². The number of nitrogens with one attached hydrogen (secondary N) is 3. The smallest absolute Gasteiger partial charge is 0.323 e. The van der Waals surface area contributed by atoms with Gasteiger partial charge in [0.1, 0.15) is 17.5 Å². The van der Waals surface area contributed by atoms with Crippen LogP contribution in [0.5, 0.6) is 0 Å². The molecule has 0 aliphatic heterocycles. The molecule has 0 aliphatic carbocycles. The Balaban J connectivity index is 1.64. The second-order valence-corrected chi connectivity index (χ2v) is 7.23. The lowest BCUT2D eigenvalue weighted by atomic mass is 10.2. The van der Waals surface area contributed by atoms with Crippen molar-refractivity contribution in [1.82, 2.24) is 9.97 Å². The second-order valence-electron chi connectivity index (χ2n) is 6.79. The summed E-state index contributed by atoms with van der Waals surface area (Å²) in [6, 6.07) is 14.3. The van der Waals surface area contributed by atoms with Gasteiger partial charge in [0, 0.05) is 42.2 Å². The zero-order valence-electron chi connectivity index (χ0n) is 16.7. The average molecular weight is 411 g/mol. The van der Waals surface area contributed by atoms with Crippen LogP contribution in [0.4, 0.5) is 33.5 Å². The molecule has 0 aliphatic rings. The molecular weight excluding hydrogens is 388 g/mol. The third kappa shape index (κ3) is 5.58. The summed E-state index contributed by atoms with van der Waals surface area (Å²) in [4.78, 5) is 23.0. The number of hydrogen-bond donors (Lipinski definition) is 3. The highest BCUT2D eigenvalue weighted by atomic mass is 35.5. The number of nitrogens with zero attached hydrogens (tertiary/aromatic N) is 3. The van der Waals surface area contributed by atoms with Crippen molar-refractivity contribution in [2.24, 2.45) is 0 Å². The highest BCUT2D eigenvalue weighted by Crippen LogP contribution is 2.22. The first kappa shape index (κ1) is 20.4. The van der Waals surface area contributed by atoms with E-state index in [1.807, 2.05) is 69.2 Å². The van der Waals surface area contributed by atoms with E-state index in [1.54, 1.807) is 12.1 Å². The van der Waals surface area contributed by atoms with Crippen molar-refractivity contribution in [3.05, 3.63) is 64.9 Å². The number of anilines is 5. The molecule has 1 aromatic heterocycles. The average Bonchev–Trinajstić information content (AvgIpc) is 2.66.